The van der Waals surface area contributed by atoms with E-state index in [1.165, 1.54) is 11.3 Å². The number of nitrogens with one attached hydrogen (secondary N) is 1. The predicted molar refractivity (Wildman–Crippen MR) is 64.3 cm³/mol. The van der Waals surface area contributed by atoms with Crippen LogP contribution in [0.25, 0.3) is 0 Å². The van der Waals surface area contributed by atoms with Crippen LogP contribution in [0.2, 0.25) is 0 Å². The number of rotatable bonds is 4. The quantitative estimate of drug-likeness (QED) is 0.861. The minimum Gasteiger partial charge on any atom is -0.476 e. The first-order valence-corrected chi connectivity index (χ1v) is 5.80. The average Bonchev–Trinajstić information content (AvgIpc) is 2.82. The number of hydrogen-bond acceptors (Lipinski definition) is 5. The van der Waals surface area contributed by atoms with Gasteiger partial charge in [-0.15, -0.1) is 11.3 Å². The molecule has 90 valence electrons. The van der Waals surface area contributed by atoms with Crippen LogP contribution >= 0.6 is 11.3 Å². The molecule has 2 N–H and O–H groups in total. The third-order valence-corrected chi connectivity index (χ3v) is 3.13. The number of aryl methyl sites for hydroxylation is 2. The maximum absolute atomic E-state index is 10.8. The van der Waals surface area contributed by atoms with Crippen LogP contribution in [-0.4, -0.2) is 25.8 Å². The van der Waals surface area contributed by atoms with E-state index in [4.69, 9.17) is 5.11 Å². The third-order valence-electron chi connectivity index (χ3n) is 2.20. The van der Waals surface area contributed by atoms with Gasteiger partial charge in [0.15, 0.2) is 10.8 Å². The smallest absolute Gasteiger partial charge is 0.355 e. The molecule has 0 aliphatic rings. The highest BCUT2D eigenvalue weighted by Crippen LogP contribution is 2.22. The largest absolute Gasteiger partial charge is 0.476 e. The van der Waals surface area contributed by atoms with Crippen molar-refractivity contribution < 1.29 is 9.90 Å². The maximum atomic E-state index is 10.8. The third kappa shape index (κ3) is 2.62. The second-order valence-electron chi connectivity index (χ2n) is 3.60. The summed E-state index contributed by atoms with van der Waals surface area (Å²) in [5.74, 6) is -0.992. The monoisotopic (exact) mass is 252 g/mol. The number of aromatic nitrogens is 3. The van der Waals surface area contributed by atoms with Crippen LogP contribution in [0.3, 0.4) is 0 Å². The van der Waals surface area contributed by atoms with Crippen molar-refractivity contribution in [3.05, 3.63) is 28.5 Å². The number of hydrogen-bond donors (Lipinski definition) is 2. The number of thiazole rings is 1. The van der Waals surface area contributed by atoms with Gasteiger partial charge in [0.1, 0.15) is 0 Å². The van der Waals surface area contributed by atoms with E-state index in [-0.39, 0.29) is 5.69 Å². The Morgan fingerprint density at radius 2 is 2.41 bits per heavy atom. The molecule has 17 heavy (non-hydrogen) atoms. The summed E-state index contributed by atoms with van der Waals surface area (Å²) < 4.78 is 1.72. The van der Waals surface area contributed by atoms with E-state index in [0.29, 0.717) is 16.6 Å². The zero-order valence-corrected chi connectivity index (χ0v) is 10.3. The summed E-state index contributed by atoms with van der Waals surface area (Å²) in [4.78, 5) is 15.5. The van der Waals surface area contributed by atoms with Crippen molar-refractivity contribution in [1.29, 1.82) is 0 Å². The normalized spacial score (nSPS) is 10.5. The van der Waals surface area contributed by atoms with E-state index in [1.807, 2.05) is 13.2 Å². The molecule has 6 nitrogen and oxygen atoms in total. The number of carboxylic acids is 1. The standard InChI is InChI=1S/C10H12N4O2S/c1-6-8(9(15)16)13-10(17-6)11-3-7-4-12-14(2)5-7/h4-5H,3H2,1-2H3,(H,11,13)(H,15,16). The van der Waals surface area contributed by atoms with Crippen LogP contribution in [0.15, 0.2) is 12.4 Å². The SMILES string of the molecule is Cc1sc(NCc2cnn(C)c2)nc1C(=O)O. The molecule has 7 heteroatoms. The minimum absolute atomic E-state index is 0.115. The molecule has 2 heterocycles. The molecule has 2 rings (SSSR count). The zero-order valence-electron chi connectivity index (χ0n) is 9.47. The molecule has 0 aliphatic heterocycles. The van der Waals surface area contributed by atoms with E-state index in [9.17, 15) is 4.79 Å². The van der Waals surface area contributed by atoms with E-state index in [0.717, 1.165) is 5.56 Å². The Hall–Kier alpha value is -1.89. The Bertz CT molecular complexity index is 546. The highest BCUT2D eigenvalue weighted by atomic mass is 32.1. The minimum atomic E-state index is -0.992. The number of aromatic carboxylic acids is 1. The lowest BCUT2D eigenvalue weighted by molar-refractivity contribution is 0.0690. The molecule has 0 saturated carbocycles. The summed E-state index contributed by atoms with van der Waals surface area (Å²) in [5, 5.41) is 16.6. The molecule has 0 aliphatic carbocycles. The Kier molecular flexibility index (Phi) is 3.10. The molecule has 0 fully saturated rings. The first kappa shape index (κ1) is 11.6. The summed E-state index contributed by atoms with van der Waals surface area (Å²) in [5.41, 5.74) is 1.14. The molecule has 0 aromatic carbocycles. The molecule has 0 bridgehead atoms. The van der Waals surface area contributed by atoms with Gasteiger partial charge in [-0.05, 0) is 6.92 Å². The summed E-state index contributed by atoms with van der Waals surface area (Å²) in [6.07, 6.45) is 3.65. The van der Waals surface area contributed by atoms with Crippen molar-refractivity contribution in [2.75, 3.05) is 5.32 Å². The Labute approximate surface area is 102 Å². The molecule has 0 saturated heterocycles. The van der Waals surface area contributed by atoms with Gasteiger partial charge in [0.2, 0.25) is 0 Å². The highest BCUT2D eigenvalue weighted by molar-refractivity contribution is 7.15. The fourth-order valence-electron chi connectivity index (χ4n) is 1.41. The van der Waals surface area contributed by atoms with E-state index >= 15 is 0 Å². The molecular formula is C10H12N4O2S. The summed E-state index contributed by atoms with van der Waals surface area (Å²) in [6.45, 7) is 2.33. The lowest BCUT2D eigenvalue weighted by atomic mass is 10.4. The van der Waals surface area contributed by atoms with Gasteiger partial charge in [0.05, 0.1) is 6.20 Å². The van der Waals surface area contributed by atoms with Crippen LogP contribution in [0.1, 0.15) is 20.9 Å². The molecule has 0 radical (unpaired) electrons. The molecule has 0 atom stereocenters. The van der Waals surface area contributed by atoms with Crippen LogP contribution in [-0.2, 0) is 13.6 Å². The lowest BCUT2D eigenvalue weighted by Crippen LogP contribution is -2.01. The second kappa shape index (κ2) is 4.54. The average molecular weight is 252 g/mol. The first-order valence-electron chi connectivity index (χ1n) is 4.98. The second-order valence-corrected chi connectivity index (χ2v) is 4.81. The van der Waals surface area contributed by atoms with E-state index < -0.39 is 5.97 Å². The predicted octanol–water partition coefficient (Wildman–Crippen LogP) is 1.50. The highest BCUT2D eigenvalue weighted by Gasteiger charge is 2.13. The Balaban J connectivity index is 2.04. The fourth-order valence-corrected chi connectivity index (χ4v) is 2.21. The van der Waals surface area contributed by atoms with Crippen LogP contribution < -0.4 is 5.32 Å². The molecular weight excluding hydrogens is 240 g/mol. The van der Waals surface area contributed by atoms with Crippen LogP contribution in [0, 0.1) is 6.92 Å². The summed E-state index contributed by atoms with van der Waals surface area (Å²) in [7, 11) is 1.85. The van der Waals surface area contributed by atoms with Gasteiger partial charge in [-0.3, -0.25) is 4.68 Å². The number of nitrogens with zero attached hydrogens (tertiary/aromatic N) is 3. The van der Waals surface area contributed by atoms with Crippen LogP contribution in [0.4, 0.5) is 5.13 Å². The van der Waals surface area contributed by atoms with Gasteiger partial charge in [-0.1, -0.05) is 0 Å². The van der Waals surface area contributed by atoms with Crippen molar-refractivity contribution in [3.8, 4) is 0 Å². The summed E-state index contributed by atoms with van der Waals surface area (Å²) >= 11 is 1.34. The fraction of sp³-hybridized carbons (Fsp3) is 0.300. The molecule has 2 aromatic heterocycles. The van der Waals surface area contributed by atoms with Gasteiger partial charge < -0.3 is 10.4 Å². The topological polar surface area (TPSA) is 80.0 Å². The van der Waals surface area contributed by atoms with Crippen molar-refractivity contribution in [1.82, 2.24) is 14.8 Å². The van der Waals surface area contributed by atoms with Crippen molar-refractivity contribution in [2.45, 2.75) is 13.5 Å². The molecule has 2 aromatic rings. The molecule has 0 spiro atoms. The van der Waals surface area contributed by atoms with Gasteiger partial charge >= 0.3 is 5.97 Å². The van der Waals surface area contributed by atoms with Gasteiger partial charge in [0.25, 0.3) is 0 Å². The van der Waals surface area contributed by atoms with Crippen molar-refractivity contribution >= 4 is 22.4 Å². The van der Waals surface area contributed by atoms with Crippen molar-refractivity contribution in [2.24, 2.45) is 7.05 Å². The maximum Gasteiger partial charge on any atom is 0.355 e. The number of carbonyl (C=O) groups is 1. The van der Waals surface area contributed by atoms with Crippen molar-refractivity contribution in [3.63, 3.8) is 0 Å². The van der Waals surface area contributed by atoms with Gasteiger partial charge in [0, 0.05) is 30.2 Å². The lowest BCUT2D eigenvalue weighted by Gasteiger charge is -1.98. The van der Waals surface area contributed by atoms with Crippen LogP contribution in [0.5, 0.6) is 0 Å². The summed E-state index contributed by atoms with van der Waals surface area (Å²) in [6, 6.07) is 0. The van der Waals surface area contributed by atoms with Gasteiger partial charge in [-0.2, -0.15) is 5.10 Å². The number of carboxylic acid groups (broad SMARTS) is 1. The molecule has 0 unspecified atom stereocenters. The molecule has 0 amide bonds. The number of anilines is 1. The Morgan fingerprint density at radius 1 is 1.65 bits per heavy atom. The van der Waals surface area contributed by atoms with Gasteiger partial charge in [-0.25, -0.2) is 9.78 Å². The Morgan fingerprint density at radius 3 is 2.94 bits per heavy atom. The zero-order chi connectivity index (χ0) is 12.4. The van der Waals surface area contributed by atoms with E-state index in [1.54, 1.807) is 17.8 Å². The van der Waals surface area contributed by atoms with E-state index in [2.05, 4.69) is 15.4 Å². The first-order chi connectivity index (χ1) is 8.06.